The van der Waals surface area contributed by atoms with Crippen LogP contribution in [0, 0.1) is 5.92 Å². The number of fused-ring (bicyclic) bond motifs is 1. The van der Waals surface area contributed by atoms with E-state index < -0.39 is 18.2 Å². The van der Waals surface area contributed by atoms with Gasteiger partial charge < -0.3 is 9.94 Å². The van der Waals surface area contributed by atoms with Gasteiger partial charge in [0.25, 0.3) is 5.91 Å². The number of nitrogens with two attached hydrogens (primary N) is 1. The summed E-state index contributed by atoms with van der Waals surface area (Å²) in [5.41, 5.74) is 0.567. The van der Waals surface area contributed by atoms with Crippen molar-refractivity contribution in [2.24, 2.45) is 16.9 Å². The summed E-state index contributed by atoms with van der Waals surface area (Å²) < 4.78 is 0. The zero-order valence-corrected chi connectivity index (χ0v) is 6.47. The molecule has 2 aliphatic heterocycles. The van der Waals surface area contributed by atoms with Gasteiger partial charge in [0, 0.05) is 0 Å². The number of carbonyl (C=O) groups excluding carboxylic acids is 1. The Morgan fingerprint density at radius 3 is 3.00 bits per heavy atom. The van der Waals surface area contributed by atoms with E-state index in [0.29, 0.717) is 5.71 Å². The van der Waals surface area contributed by atoms with Gasteiger partial charge in [0.05, 0.1) is 5.71 Å². The maximum atomic E-state index is 11.3. The summed E-state index contributed by atoms with van der Waals surface area (Å²) in [5, 5.41) is 13.7. The summed E-state index contributed by atoms with van der Waals surface area (Å²) in [7, 11) is 0. The molecule has 6 nitrogen and oxygen atoms in total. The molecule has 0 radical (unpaired) electrons. The van der Waals surface area contributed by atoms with Gasteiger partial charge in [-0.3, -0.25) is 4.79 Å². The highest BCUT2D eigenvalue weighted by Gasteiger charge is 2.53. The highest BCUT2D eigenvalue weighted by molar-refractivity contribution is 6.05. The SMILES string of the molecule is CC1=NO[C@@H]2[C@H]1C(=O)N(N)[C@H]2O. The van der Waals surface area contributed by atoms with Crippen molar-refractivity contribution in [2.45, 2.75) is 19.3 Å². The van der Waals surface area contributed by atoms with Crippen LogP contribution in [0.25, 0.3) is 0 Å². The Morgan fingerprint density at radius 1 is 1.75 bits per heavy atom. The third-order valence-corrected chi connectivity index (χ3v) is 2.20. The minimum Gasteiger partial charge on any atom is -0.386 e. The number of oxime groups is 1. The fourth-order valence-electron chi connectivity index (χ4n) is 1.49. The highest BCUT2D eigenvalue weighted by Crippen LogP contribution is 2.29. The van der Waals surface area contributed by atoms with E-state index in [1.54, 1.807) is 6.92 Å². The first-order valence-electron chi connectivity index (χ1n) is 3.59. The Morgan fingerprint density at radius 2 is 2.42 bits per heavy atom. The van der Waals surface area contributed by atoms with Crippen LogP contribution in [0.5, 0.6) is 0 Å². The second-order valence-corrected chi connectivity index (χ2v) is 2.94. The number of carbonyl (C=O) groups is 1. The molecule has 1 saturated heterocycles. The Hall–Kier alpha value is -1.14. The van der Waals surface area contributed by atoms with Gasteiger partial charge in [-0.1, -0.05) is 5.16 Å². The van der Waals surface area contributed by atoms with E-state index in [4.69, 9.17) is 10.7 Å². The van der Waals surface area contributed by atoms with Crippen molar-refractivity contribution in [2.75, 3.05) is 0 Å². The molecule has 0 aromatic carbocycles. The van der Waals surface area contributed by atoms with Crippen molar-refractivity contribution in [1.29, 1.82) is 0 Å². The third kappa shape index (κ3) is 0.705. The lowest BCUT2D eigenvalue weighted by Crippen LogP contribution is -2.42. The molecule has 0 unspecified atom stereocenters. The number of nitrogens with zero attached hydrogens (tertiary/aromatic N) is 2. The molecule has 0 aliphatic carbocycles. The molecule has 0 bridgehead atoms. The fourth-order valence-corrected chi connectivity index (χ4v) is 1.49. The maximum Gasteiger partial charge on any atom is 0.251 e. The van der Waals surface area contributed by atoms with Gasteiger partial charge in [-0.2, -0.15) is 0 Å². The Bertz CT molecular complexity index is 265. The average Bonchev–Trinajstić information content (AvgIpc) is 2.51. The number of hydrogen-bond acceptors (Lipinski definition) is 5. The van der Waals surface area contributed by atoms with Crippen LogP contribution < -0.4 is 5.84 Å². The molecule has 0 saturated carbocycles. The van der Waals surface area contributed by atoms with Crippen LogP contribution in [-0.4, -0.2) is 34.1 Å². The number of aliphatic hydroxyl groups excluding tert-OH is 1. The van der Waals surface area contributed by atoms with E-state index in [-0.39, 0.29) is 5.91 Å². The minimum absolute atomic E-state index is 0.341. The predicted octanol–water partition coefficient (Wildman–Crippen LogP) is -1.59. The van der Waals surface area contributed by atoms with Crippen molar-refractivity contribution in [3.63, 3.8) is 0 Å². The molecule has 3 N–H and O–H groups in total. The molecule has 0 spiro atoms. The van der Waals surface area contributed by atoms with Crippen LogP contribution in [-0.2, 0) is 9.63 Å². The molecule has 0 aromatic heterocycles. The zero-order valence-electron chi connectivity index (χ0n) is 6.47. The van der Waals surface area contributed by atoms with Gasteiger partial charge in [0.2, 0.25) is 0 Å². The van der Waals surface area contributed by atoms with E-state index in [1.165, 1.54) is 0 Å². The second kappa shape index (κ2) is 2.18. The average molecular weight is 171 g/mol. The van der Waals surface area contributed by atoms with Crippen LogP contribution in [0.4, 0.5) is 0 Å². The Labute approximate surface area is 68.5 Å². The van der Waals surface area contributed by atoms with Crippen molar-refractivity contribution in [1.82, 2.24) is 5.01 Å². The quantitative estimate of drug-likeness (QED) is 0.340. The van der Waals surface area contributed by atoms with Crippen molar-refractivity contribution >= 4 is 11.6 Å². The number of rotatable bonds is 0. The molecule has 66 valence electrons. The lowest BCUT2D eigenvalue weighted by molar-refractivity contribution is -0.136. The molecular weight excluding hydrogens is 162 g/mol. The summed E-state index contributed by atoms with van der Waals surface area (Å²) in [4.78, 5) is 16.1. The monoisotopic (exact) mass is 171 g/mol. The summed E-state index contributed by atoms with van der Waals surface area (Å²) in [6.45, 7) is 1.68. The van der Waals surface area contributed by atoms with E-state index in [0.717, 1.165) is 5.01 Å². The molecular formula is C6H9N3O3. The first-order valence-corrected chi connectivity index (χ1v) is 3.59. The lowest BCUT2D eigenvalue weighted by Gasteiger charge is -2.15. The number of hydrogen-bond donors (Lipinski definition) is 2. The molecule has 2 rings (SSSR count). The van der Waals surface area contributed by atoms with E-state index in [9.17, 15) is 9.90 Å². The largest absolute Gasteiger partial charge is 0.386 e. The Balaban J connectivity index is 2.32. The number of aliphatic hydroxyl groups is 1. The van der Waals surface area contributed by atoms with E-state index in [1.807, 2.05) is 0 Å². The minimum atomic E-state index is -1.08. The summed E-state index contributed by atoms with van der Waals surface area (Å²) in [6.07, 6.45) is -1.70. The summed E-state index contributed by atoms with van der Waals surface area (Å²) in [6, 6.07) is 0. The van der Waals surface area contributed by atoms with Crippen molar-refractivity contribution in [3.8, 4) is 0 Å². The normalized spacial score (nSPS) is 39.6. The van der Waals surface area contributed by atoms with Gasteiger partial charge in [0.1, 0.15) is 5.92 Å². The fraction of sp³-hybridized carbons (Fsp3) is 0.667. The summed E-state index contributed by atoms with van der Waals surface area (Å²) >= 11 is 0. The second-order valence-electron chi connectivity index (χ2n) is 2.94. The third-order valence-electron chi connectivity index (χ3n) is 2.20. The topological polar surface area (TPSA) is 88.2 Å². The molecule has 12 heavy (non-hydrogen) atoms. The standard InChI is InChI=1S/C6H9N3O3/c1-2-3-4(12-8-2)6(11)9(7)5(3)10/h3-4,6,11H,7H2,1H3/t3-,4+,6-/m0/s1. The first-order chi connectivity index (χ1) is 5.63. The highest BCUT2D eigenvalue weighted by atomic mass is 16.7. The molecule has 1 fully saturated rings. The molecule has 3 atom stereocenters. The van der Waals surface area contributed by atoms with E-state index in [2.05, 4.69) is 5.16 Å². The molecule has 6 heteroatoms. The van der Waals surface area contributed by atoms with Gasteiger partial charge in [-0.05, 0) is 6.92 Å². The van der Waals surface area contributed by atoms with Crippen LogP contribution in [0.15, 0.2) is 5.16 Å². The number of amides is 1. The molecule has 0 aromatic rings. The number of hydrazine groups is 1. The smallest absolute Gasteiger partial charge is 0.251 e. The van der Waals surface area contributed by atoms with Crippen molar-refractivity contribution < 1.29 is 14.7 Å². The molecule has 2 heterocycles. The van der Waals surface area contributed by atoms with E-state index >= 15 is 0 Å². The van der Waals surface area contributed by atoms with Crippen LogP contribution in [0.3, 0.4) is 0 Å². The summed E-state index contributed by atoms with van der Waals surface area (Å²) in [5.74, 6) is 4.44. The van der Waals surface area contributed by atoms with Gasteiger partial charge in [-0.25, -0.2) is 10.9 Å². The predicted molar refractivity (Wildman–Crippen MR) is 38.5 cm³/mol. The van der Waals surface area contributed by atoms with Crippen LogP contribution in [0.1, 0.15) is 6.92 Å². The van der Waals surface area contributed by atoms with Gasteiger partial charge >= 0.3 is 0 Å². The first kappa shape index (κ1) is 7.51. The van der Waals surface area contributed by atoms with Crippen molar-refractivity contribution in [3.05, 3.63) is 0 Å². The zero-order chi connectivity index (χ0) is 8.88. The van der Waals surface area contributed by atoms with Crippen LogP contribution in [0.2, 0.25) is 0 Å². The lowest BCUT2D eigenvalue weighted by atomic mass is 10.0. The maximum absolute atomic E-state index is 11.3. The molecule has 2 aliphatic rings. The van der Waals surface area contributed by atoms with Gasteiger partial charge in [-0.15, -0.1) is 0 Å². The van der Waals surface area contributed by atoms with Gasteiger partial charge in [0.15, 0.2) is 12.3 Å². The Kier molecular flexibility index (Phi) is 1.36. The molecule has 1 amide bonds. The van der Waals surface area contributed by atoms with Crippen LogP contribution >= 0.6 is 0 Å².